The Labute approximate surface area is 120 Å². The molecule has 7 heteroatoms. The molecule has 18 heavy (non-hydrogen) atoms. The van der Waals surface area contributed by atoms with Crippen molar-refractivity contribution in [3.05, 3.63) is 43.8 Å². The summed E-state index contributed by atoms with van der Waals surface area (Å²) in [7, 11) is 1.59. The molecular formula is C11H9Br2N3O2. The standard InChI is InChI=1S/C11H9Br2N3O2/c1-18-6-2-3-7(12)8(4-6)16-10-9(13)11(17)15-5-14-10/h2-5H,1H3,(H2,14,15,16,17). The Bertz CT molecular complexity index is 628. The second kappa shape index (κ2) is 5.53. The molecule has 1 heterocycles. The summed E-state index contributed by atoms with van der Waals surface area (Å²) in [5.41, 5.74) is 0.514. The lowest BCUT2D eigenvalue weighted by Gasteiger charge is -2.10. The van der Waals surface area contributed by atoms with Crippen LogP contribution in [0, 0.1) is 0 Å². The second-order valence-corrected chi connectivity index (χ2v) is 5.01. The molecule has 0 radical (unpaired) electrons. The van der Waals surface area contributed by atoms with Crippen LogP contribution in [0.15, 0.2) is 38.3 Å². The van der Waals surface area contributed by atoms with Gasteiger partial charge in [-0.3, -0.25) is 4.79 Å². The summed E-state index contributed by atoms with van der Waals surface area (Å²) in [6, 6.07) is 5.48. The first kappa shape index (κ1) is 13.1. The summed E-state index contributed by atoms with van der Waals surface area (Å²) >= 11 is 6.60. The normalized spacial score (nSPS) is 10.2. The van der Waals surface area contributed by atoms with Crippen LogP contribution in [0.25, 0.3) is 0 Å². The number of methoxy groups -OCH3 is 1. The van der Waals surface area contributed by atoms with Crippen LogP contribution in [0.3, 0.4) is 0 Å². The minimum absolute atomic E-state index is 0.244. The summed E-state index contributed by atoms with van der Waals surface area (Å²) in [4.78, 5) is 17.9. The van der Waals surface area contributed by atoms with Crippen molar-refractivity contribution in [1.29, 1.82) is 0 Å². The van der Waals surface area contributed by atoms with Crippen LogP contribution in [0.4, 0.5) is 11.5 Å². The Morgan fingerprint density at radius 1 is 1.39 bits per heavy atom. The van der Waals surface area contributed by atoms with Crippen LogP contribution < -0.4 is 15.6 Å². The molecule has 0 atom stereocenters. The Balaban J connectivity index is 2.39. The van der Waals surface area contributed by atoms with Gasteiger partial charge in [-0.15, -0.1) is 0 Å². The van der Waals surface area contributed by atoms with E-state index in [0.29, 0.717) is 16.0 Å². The number of H-pyrrole nitrogens is 1. The molecule has 0 aliphatic heterocycles. The highest BCUT2D eigenvalue weighted by Gasteiger charge is 2.08. The average molecular weight is 375 g/mol. The third-order valence-corrected chi connectivity index (χ3v) is 3.65. The molecule has 0 saturated heterocycles. The zero-order valence-electron chi connectivity index (χ0n) is 9.33. The highest BCUT2D eigenvalue weighted by Crippen LogP contribution is 2.30. The molecule has 1 aromatic carbocycles. The molecule has 0 bridgehead atoms. The SMILES string of the molecule is COc1ccc(Br)c(Nc2nc[nH]c(=O)c2Br)c1. The summed E-state index contributed by atoms with van der Waals surface area (Å²) in [5, 5.41) is 3.05. The van der Waals surface area contributed by atoms with Crippen LogP contribution in [-0.2, 0) is 0 Å². The summed E-state index contributed by atoms with van der Waals surface area (Å²) in [6.45, 7) is 0. The summed E-state index contributed by atoms with van der Waals surface area (Å²) in [5.74, 6) is 1.15. The third-order valence-electron chi connectivity index (χ3n) is 2.22. The van der Waals surface area contributed by atoms with Crippen molar-refractivity contribution in [2.45, 2.75) is 0 Å². The monoisotopic (exact) mass is 373 g/mol. The maximum absolute atomic E-state index is 11.4. The van der Waals surface area contributed by atoms with E-state index in [1.807, 2.05) is 12.1 Å². The molecule has 0 unspecified atom stereocenters. The lowest BCUT2D eigenvalue weighted by molar-refractivity contribution is 0.415. The smallest absolute Gasteiger partial charge is 0.267 e. The number of ether oxygens (including phenoxy) is 1. The fraction of sp³-hybridized carbons (Fsp3) is 0.0909. The van der Waals surface area contributed by atoms with Gasteiger partial charge in [-0.2, -0.15) is 0 Å². The van der Waals surface area contributed by atoms with Gasteiger partial charge in [0.2, 0.25) is 0 Å². The van der Waals surface area contributed by atoms with Gasteiger partial charge >= 0.3 is 0 Å². The first-order valence-electron chi connectivity index (χ1n) is 4.95. The predicted octanol–water partition coefficient (Wildman–Crippen LogP) is 3.05. The van der Waals surface area contributed by atoms with Crippen molar-refractivity contribution < 1.29 is 4.74 Å². The molecule has 0 spiro atoms. The van der Waals surface area contributed by atoms with Crippen molar-refractivity contribution >= 4 is 43.4 Å². The fourth-order valence-corrected chi connectivity index (χ4v) is 1.99. The number of nitrogens with zero attached hydrogens (tertiary/aromatic N) is 1. The quantitative estimate of drug-likeness (QED) is 0.866. The summed E-state index contributed by atoms with van der Waals surface area (Å²) < 4.78 is 6.33. The molecule has 0 saturated carbocycles. The van der Waals surface area contributed by atoms with Gasteiger partial charge in [0.1, 0.15) is 10.2 Å². The van der Waals surface area contributed by atoms with Crippen molar-refractivity contribution in [3.63, 3.8) is 0 Å². The van der Waals surface area contributed by atoms with E-state index in [2.05, 4.69) is 47.1 Å². The molecular weight excluding hydrogens is 366 g/mol. The van der Waals surface area contributed by atoms with E-state index >= 15 is 0 Å². The van der Waals surface area contributed by atoms with Gasteiger partial charge in [0.15, 0.2) is 5.82 Å². The van der Waals surface area contributed by atoms with Gasteiger partial charge in [-0.25, -0.2) is 4.98 Å². The molecule has 5 nitrogen and oxygen atoms in total. The largest absolute Gasteiger partial charge is 0.497 e. The Morgan fingerprint density at radius 3 is 2.89 bits per heavy atom. The zero-order chi connectivity index (χ0) is 13.1. The second-order valence-electron chi connectivity index (χ2n) is 3.37. The molecule has 2 aromatic rings. The van der Waals surface area contributed by atoms with Gasteiger partial charge in [0.25, 0.3) is 5.56 Å². The van der Waals surface area contributed by atoms with Crippen molar-refractivity contribution in [3.8, 4) is 5.75 Å². The predicted molar refractivity (Wildman–Crippen MR) is 76.5 cm³/mol. The minimum atomic E-state index is -0.244. The Morgan fingerprint density at radius 2 is 2.17 bits per heavy atom. The first-order chi connectivity index (χ1) is 8.61. The number of aromatic amines is 1. The first-order valence-corrected chi connectivity index (χ1v) is 6.54. The molecule has 0 aliphatic rings. The highest BCUT2D eigenvalue weighted by molar-refractivity contribution is 9.11. The van der Waals surface area contributed by atoms with E-state index in [-0.39, 0.29) is 5.56 Å². The fourth-order valence-electron chi connectivity index (χ4n) is 1.32. The Kier molecular flexibility index (Phi) is 4.03. The van der Waals surface area contributed by atoms with Crippen molar-refractivity contribution in [2.24, 2.45) is 0 Å². The molecule has 0 aliphatic carbocycles. The third kappa shape index (κ3) is 2.73. The topological polar surface area (TPSA) is 67.0 Å². The minimum Gasteiger partial charge on any atom is -0.497 e. The number of benzene rings is 1. The van der Waals surface area contributed by atoms with Gasteiger partial charge in [-0.05, 0) is 44.0 Å². The zero-order valence-corrected chi connectivity index (χ0v) is 12.5. The van der Waals surface area contributed by atoms with Gasteiger partial charge < -0.3 is 15.0 Å². The average Bonchev–Trinajstić information content (AvgIpc) is 2.37. The van der Waals surface area contributed by atoms with Crippen LogP contribution >= 0.6 is 31.9 Å². The maximum atomic E-state index is 11.4. The van der Waals surface area contributed by atoms with Crippen molar-refractivity contribution in [1.82, 2.24) is 9.97 Å². The lowest BCUT2D eigenvalue weighted by Crippen LogP contribution is -2.10. The van der Waals surface area contributed by atoms with Crippen LogP contribution in [0.2, 0.25) is 0 Å². The molecule has 0 fully saturated rings. The summed E-state index contributed by atoms with van der Waals surface area (Å²) in [6.07, 6.45) is 1.34. The van der Waals surface area contributed by atoms with Crippen molar-refractivity contribution in [2.75, 3.05) is 12.4 Å². The van der Waals surface area contributed by atoms with E-state index in [4.69, 9.17) is 4.74 Å². The number of aromatic nitrogens is 2. The van der Waals surface area contributed by atoms with E-state index in [9.17, 15) is 4.79 Å². The highest BCUT2D eigenvalue weighted by atomic mass is 79.9. The van der Waals surface area contributed by atoms with E-state index in [1.54, 1.807) is 13.2 Å². The maximum Gasteiger partial charge on any atom is 0.267 e. The number of anilines is 2. The Hall–Kier alpha value is -1.34. The van der Waals surface area contributed by atoms with E-state index in [0.717, 1.165) is 10.2 Å². The number of hydrogen-bond acceptors (Lipinski definition) is 4. The number of rotatable bonds is 3. The molecule has 2 rings (SSSR count). The van der Waals surface area contributed by atoms with Gasteiger partial charge in [-0.1, -0.05) is 0 Å². The molecule has 0 amide bonds. The van der Waals surface area contributed by atoms with Crippen LogP contribution in [0.1, 0.15) is 0 Å². The van der Waals surface area contributed by atoms with E-state index < -0.39 is 0 Å². The molecule has 2 N–H and O–H groups in total. The number of hydrogen-bond donors (Lipinski definition) is 2. The van der Waals surface area contributed by atoms with E-state index in [1.165, 1.54) is 6.33 Å². The lowest BCUT2D eigenvalue weighted by atomic mass is 10.3. The number of nitrogens with one attached hydrogen (secondary N) is 2. The number of halogens is 2. The van der Waals surface area contributed by atoms with Crippen LogP contribution in [0.5, 0.6) is 5.75 Å². The van der Waals surface area contributed by atoms with Gasteiger partial charge in [0.05, 0.1) is 19.1 Å². The van der Waals surface area contributed by atoms with Gasteiger partial charge in [0, 0.05) is 10.5 Å². The molecule has 1 aromatic heterocycles. The molecule has 94 valence electrons. The van der Waals surface area contributed by atoms with Crippen LogP contribution in [-0.4, -0.2) is 17.1 Å².